The Morgan fingerprint density at radius 3 is 2.42 bits per heavy atom. The van der Waals surface area contributed by atoms with Crippen LogP contribution in [-0.4, -0.2) is 19.2 Å². The van der Waals surface area contributed by atoms with Gasteiger partial charge in [-0.15, -0.1) is 0 Å². The zero-order chi connectivity index (χ0) is 18.9. The van der Waals surface area contributed by atoms with Crippen molar-refractivity contribution in [2.24, 2.45) is 0 Å². The Bertz CT molecular complexity index is 745. The molecule has 2 aromatic carbocycles. The van der Waals surface area contributed by atoms with Crippen molar-refractivity contribution in [1.82, 2.24) is 0 Å². The van der Waals surface area contributed by atoms with Crippen molar-refractivity contribution < 1.29 is 19.0 Å². The molecular formula is C22H26O4. The van der Waals surface area contributed by atoms with Gasteiger partial charge in [0.1, 0.15) is 5.75 Å². The standard InChI is InChI=1S/C22H26O4/c1-5-6-17-7-11-19(12-8-17)26-22(23)14-10-18-9-13-20(25-16(2)3)21(15-18)24-4/h7-16H,5-6H2,1-4H3/b14-10+. The largest absolute Gasteiger partial charge is 0.493 e. The lowest BCUT2D eigenvalue weighted by Crippen LogP contribution is -2.06. The number of carbonyl (C=O) groups is 1. The summed E-state index contributed by atoms with van der Waals surface area (Å²) in [6.45, 7) is 6.05. The number of rotatable bonds is 8. The van der Waals surface area contributed by atoms with E-state index in [0.717, 1.165) is 18.4 Å². The minimum absolute atomic E-state index is 0.0592. The first kappa shape index (κ1) is 19.6. The summed E-state index contributed by atoms with van der Waals surface area (Å²) in [6.07, 6.45) is 5.26. The van der Waals surface area contributed by atoms with Crippen molar-refractivity contribution in [2.75, 3.05) is 7.11 Å². The molecule has 0 saturated carbocycles. The summed E-state index contributed by atoms with van der Waals surface area (Å²) in [4.78, 5) is 12.0. The molecule has 0 aliphatic rings. The molecule has 0 radical (unpaired) electrons. The van der Waals surface area contributed by atoms with Crippen LogP contribution < -0.4 is 14.2 Å². The summed E-state index contributed by atoms with van der Waals surface area (Å²) in [7, 11) is 1.59. The van der Waals surface area contributed by atoms with E-state index in [1.54, 1.807) is 13.2 Å². The lowest BCUT2D eigenvalue weighted by atomic mass is 10.1. The van der Waals surface area contributed by atoms with Crippen LogP contribution in [0.25, 0.3) is 6.08 Å². The Kier molecular flexibility index (Phi) is 7.27. The van der Waals surface area contributed by atoms with Gasteiger partial charge in [-0.05, 0) is 61.7 Å². The highest BCUT2D eigenvalue weighted by Crippen LogP contribution is 2.29. The number of hydrogen-bond donors (Lipinski definition) is 0. The van der Waals surface area contributed by atoms with Gasteiger partial charge in [-0.25, -0.2) is 4.79 Å². The first-order chi connectivity index (χ1) is 12.5. The second kappa shape index (κ2) is 9.66. The summed E-state index contributed by atoms with van der Waals surface area (Å²) < 4.78 is 16.3. The van der Waals surface area contributed by atoms with E-state index in [0.29, 0.717) is 17.2 Å². The maximum atomic E-state index is 12.0. The van der Waals surface area contributed by atoms with E-state index in [4.69, 9.17) is 14.2 Å². The van der Waals surface area contributed by atoms with E-state index in [1.165, 1.54) is 11.6 Å². The monoisotopic (exact) mass is 354 g/mol. The van der Waals surface area contributed by atoms with Crippen molar-refractivity contribution in [1.29, 1.82) is 0 Å². The fraction of sp³-hybridized carbons (Fsp3) is 0.318. The summed E-state index contributed by atoms with van der Waals surface area (Å²) in [5, 5.41) is 0. The molecule has 0 bridgehead atoms. The van der Waals surface area contributed by atoms with Crippen molar-refractivity contribution in [3.63, 3.8) is 0 Å². The van der Waals surface area contributed by atoms with Gasteiger partial charge in [0.05, 0.1) is 13.2 Å². The van der Waals surface area contributed by atoms with Gasteiger partial charge in [0.15, 0.2) is 11.5 Å². The Hall–Kier alpha value is -2.75. The molecule has 26 heavy (non-hydrogen) atoms. The normalized spacial score (nSPS) is 11.0. The van der Waals surface area contributed by atoms with E-state index in [1.807, 2.05) is 56.3 Å². The Labute approximate surface area is 155 Å². The topological polar surface area (TPSA) is 44.8 Å². The smallest absolute Gasteiger partial charge is 0.336 e. The minimum Gasteiger partial charge on any atom is -0.493 e. The average Bonchev–Trinajstić information content (AvgIpc) is 2.62. The van der Waals surface area contributed by atoms with Crippen LogP contribution in [0.5, 0.6) is 17.2 Å². The second-order valence-electron chi connectivity index (χ2n) is 6.23. The molecule has 0 amide bonds. The van der Waals surface area contributed by atoms with Crippen LogP contribution in [0.3, 0.4) is 0 Å². The first-order valence-corrected chi connectivity index (χ1v) is 8.85. The van der Waals surface area contributed by atoms with Gasteiger partial charge >= 0.3 is 5.97 Å². The Balaban J connectivity index is 2.00. The molecule has 0 N–H and O–H groups in total. The molecule has 0 saturated heterocycles. The number of aryl methyl sites for hydroxylation is 1. The van der Waals surface area contributed by atoms with Crippen LogP contribution in [-0.2, 0) is 11.2 Å². The summed E-state index contributed by atoms with van der Waals surface area (Å²) in [6, 6.07) is 13.1. The zero-order valence-corrected chi connectivity index (χ0v) is 15.8. The molecule has 0 unspecified atom stereocenters. The van der Waals surface area contributed by atoms with Gasteiger partial charge in [-0.3, -0.25) is 0 Å². The second-order valence-corrected chi connectivity index (χ2v) is 6.23. The van der Waals surface area contributed by atoms with Crippen molar-refractivity contribution in [2.45, 2.75) is 39.7 Å². The van der Waals surface area contributed by atoms with Gasteiger partial charge < -0.3 is 14.2 Å². The molecule has 0 aromatic heterocycles. The third kappa shape index (κ3) is 5.96. The highest BCUT2D eigenvalue weighted by Gasteiger charge is 2.07. The number of methoxy groups -OCH3 is 1. The third-order valence-electron chi connectivity index (χ3n) is 3.64. The molecule has 4 nitrogen and oxygen atoms in total. The van der Waals surface area contributed by atoms with E-state index < -0.39 is 5.97 Å². The highest BCUT2D eigenvalue weighted by atomic mass is 16.5. The van der Waals surface area contributed by atoms with E-state index in [-0.39, 0.29) is 6.10 Å². The summed E-state index contributed by atoms with van der Waals surface area (Å²) >= 11 is 0. The Morgan fingerprint density at radius 2 is 1.81 bits per heavy atom. The van der Waals surface area contributed by atoms with Crippen LogP contribution in [0.15, 0.2) is 48.5 Å². The minimum atomic E-state index is -0.422. The first-order valence-electron chi connectivity index (χ1n) is 8.85. The van der Waals surface area contributed by atoms with Crippen LogP contribution in [0, 0.1) is 0 Å². The fourth-order valence-electron chi connectivity index (χ4n) is 2.47. The van der Waals surface area contributed by atoms with Gasteiger partial charge in [-0.2, -0.15) is 0 Å². The number of carbonyl (C=O) groups excluding carboxylic acids is 1. The maximum Gasteiger partial charge on any atom is 0.336 e. The molecule has 0 heterocycles. The van der Waals surface area contributed by atoms with Crippen LogP contribution in [0.4, 0.5) is 0 Å². The summed E-state index contributed by atoms with van der Waals surface area (Å²) in [5.41, 5.74) is 2.06. The third-order valence-corrected chi connectivity index (χ3v) is 3.64. The molecule has 0 aliphatic heterocycles. The van der Waals surface area contributed by atoms with Gasteiger partial charge in [0.25, 0.3) is 0 Å². The van der Waals surface area contributed by atoms with Gasteiger partial charge in [0, 0.05) is 6.08 Å². The molecule has 0 fully saturated rings. The fourth-order valence-corrected chi connectivity index (χ4v) is 2.47. The number of esters is 1. The molecule has 4 heteroatoms. The molecule has 138 valence electrons. The maximum absolute atomic E-state index is 12.0. The molecule has 0 aliphatic carbocycles. The van der Waals surface area contributed by atoms with Crippen molar-refractivity contribution in [3.05, 3.63) is 59.7 Å². The van der Waals surface area contributed by atoms with Crippen molar-refractivity contribution in [3.8, 4) is 17.2 Å². The van der Waals surface area contributed by atoms with E-state index in [9.17, 15) is 4.79 Å². The molecule has 2 aromatic rings. The zero-order valence-electron chi connectivity index (χ0n) is 15.8. The average molecular weight is 354 g/mol. The SMILES string of the molecule is CCCc1ccc(OC(=O)/C=C/c2ccc(OC(C)C)c(OC)c2)cc1. The van der Waals surface area contributed by atoms with E-state index >= 15 is 0 Å². The van der Waals surface area contributed by atoms with Crippen molar-refractivity contribution >= 4 is 12.0 Å². The number of ether oxygens (including phenoxy) is 3. The van der Waals surface area contributed by atoms with Gasteiger partial charge in [0.2, 0.25) is 0 Å². The quantitative estimate of drug-likeness (QED) is 0.378. The predicted molar refractivity (Wildman–Crippen MR) is 104 cm³/mol. The molecular weight excluding hydrogens is 328 g/mol. The van der Waals surface area contributed by atoms with E-state index in [2.05, 4.69) is 6.92 Å². The van der Waals surface area contributed by atoms with Crippen LogP contribution in [0.2, 0.25) is 0 Å². The van der Waals surface area contributed by atoms with Gasteiger partial charge in [-0.1, -0.05) is 31.5 Å². The summed E-state index contributed by atoms with van der Waals surface area (Å²) in [5.74, 6) is 1.42. The number of hydrogen-bond acceptors (Lipinski definition) is 4. The molecule has 0 atom stereocenters. The lowest BCUT2D eigenvalue weighted by molar-refractivity contribution is -0.128. The Morgan fingerprint density at radius 1 is 1.08 bits per heavy atom. The number of benzene rings is 2. The predicted octanol–water partition coefficient (Wildman–Crippen LogP) is 5.05. The highest BCUT2D eigenvalue weighted by molar-refractivity contribution is 5.88. The van der Waals surface area contributed by atoms with Crippen LogP contribution >= 0.6 is 0 Å². The lowest BCUT2D eigenvalue weighted by Gasteiger charge is -2.13. The molecule has 2 rings (SSSR count). The van der Waals surface area contributed by atoms with Crippen LogP contribution in [0.1, 0.15) is 38.3 Å². The molecule has 0 spiro atoms.